The van der Waals surface area contributed by atoms with Crippen LogP contribution in [0, 0.1) is 0 Å². The Balaban J connectivity index is 1.49. The molecule has 7 heteroatoms. The van der Waals surface area contributed by atoms with Crippen molar-refractivity contribution >= 4 is 17.4 Å². The molecule has 1 fully saturated rings. The zero-order valence-corrected chi connectivity index (χ0v) is 13.3. The molecule has 2 atom stereocenters. The predicted octanol–water partition coefficient (Wildman–Crippen LogP) is 2.20. The van der Waals surface area contributed by atoms with E-state index >= 15 is 0 Å². The average molecular weight is 320 g/mol. The van der Waals surface area contributed by atoms with E-state index in [0.717, 1.165) is 24.1 Å². The summed E-state index contributed by atoms with van der Waals surface area (Å²) in [6.07, 6.45) is 5.18. The molecule has 3 rings (SSSR count). The Morgan fingerprint density at radius 2 is 2.50 bits per heavy atom. The van der Waals surface area contributed by atoms with Gasteiger partial charge in [-0.2, -0.15) is 11.3 Å². The van der Waals surface area contributed by atoms with E-state index in [9.17, 15) is 4.79 Å². The first-order chi connectivity index (χ1) is 10.7. The maximum atomic E-state index is 12.0. The number of urea groups is 1. The number of aryl methyl sites for hydroxylation is 1. The second kappa shape index (κ2) is 6.93. The van der Waals surface area contributed by atoms with Crippen LogP contribution in [0.4, 0.5) is 4.79 Å². The molecule has 0 aliphatic carbocycles. The molecule has 2 amide bonds. The summed E-state index contributed by atoms with van der Waals surface area (Å²) in [5, 5.41) is 9.97. The molecule has 2 aromatic heterocycles. The first-order valence-electron chi connectivity index (χ1n) is 7.35. The SMILES string of the molecule is Cn1cncc1[C@H]1C[C@@H](NC(=O)NCc2ccsc2)CCO1. The van der Waals surface area contributed by atoms with Gasteiger partial charge in [0.05, 0.1) is 18.2 Å². The van der Waals surface area contributed by atoms with Gasteiger partial charge in [-0.15, -0.1) is 0 Å². The van der Waals surface area contributed by atoms with Gasteiger partial charge in [-0.25, -0.2) is 9.78 Å². The highest BCUT2D eigenvalue weighted by molar-refractivity contribution is 7.07. The fourth-order valence-corrected chi connectivity index (χ4v) is 3.29. The van der Waals surface area contributed by atoms with E-state index in [1.807, 2.05) is 34.6 Å². The lowest BCUT2D eigenvalue weighted by Crippen LogP contribution is -2.44. The van der Waals surface area contributed by atoms with Crippen LogP contribution in [0.1, 0.15) is 30.2 Å². The summed E-state index contributed by atoms with van der Waals surface area (Å²) in [6.45, 7) is 1.20. The number of nitrogens with zero attached hydrogens (tertiary/aromatic N) is 2. The molecule has 6 nitrogen and oxygen atoms in total. The third kappa shape index (κ3) is 3.66. The van der Waals surface area contributed by atoms with Crippen molar-refractivity contribution in [3.8, 4) is 0 Å². The topological polar surface area (TPSA) is 68.2 Å². The zero-order chi connectivity index (χ0) is 15.4. The Morgan fingerprint density at radius 1 is 1.59 bits per heavy atom. The Kier molecular flexibility index (Phi) is 4.74. The Labute approximate surface area is 133 Å². The van der Waals surface area contributed by atoms with Crippen LogP contribution in [0.25, 0.3) is 0 Å². The molecule has 1 aliphatic heterocycles. The van der Waals surface area contributed by atoms with Gasteiger partial charge >= 0.3 is 6.03 Å². The molecule has 118 valence electrons. The maximum Gasteiger partial charge on any atom is 0.315 e. The smallest absolute Gasteiger partial charge is 0.315 e. The number of hydrogen-bond donors (Lipinski definition) is 2. The summed E-state index contributed by atoms with van der Waals surface area (Å²) >= 11 is 1.63. The standard InChI is InChI=1S/C15H20N4O2S/c1-19-10-16-8-13(19)14-6-12(2-4-21-14)18-15(20)17-7-11-3-5-22-9-11/h3,5,8-10,12,14H,2,4,6-7H2,1H3,(H2,17,18,20)/t12-,14+/m0/s1. The molecular formula is C15H20N4O2S. The highest BCUT2D eigenvalue weighted by Crippen LogP contribution is 2.27. The lowest BCUT2D eigenvalue weighted by Gasteiger charge is -2.30. The van der Waals surface area contributed by atoms with Crippen LogP contribution in [0.2, 0.25) is 0 Å². The van der Waals surface area contributed by atoms with Gasteiger partial charge in [-0.05, 0) is 35.2 Å². The lowest BCUT2D eigenvalue weighted by atomic mass is 10.0. The van der Waals surface area contributed by atoms with Crippen molar-refractivity contribution in [2.45, 2.75) is 31.5 Å². The summed E-state index contributed by atoms with van der Waals surface area (Å²) in [5.74, 6) is 0. The lowest BCUT2D eigenvalue weighted by molar-refractivity contribution is -0.00178. The summed E-state index contributed by atoms with van der Waals surface area (Å²) in [4.78, 5) is 16.1. The number of carbonyl (C=O) groups is 1. The molecule has 0 bridgehead atoms. The Morgan fingerprint density at radius 3 is 3.23 bits per heavy atom. The maximum absolute atomic E-state index is 12.0. The highest BCUT2D eigenvalue weighted by Gasteiger charge is 2.26. The molecule has 3 heterocycles. The highest BCUT2D eigenvalue weighted by atomic mass is 32.1. The van der Waals surface area contributed by atoms with Crippen LogP contribution < -0.4 is 10.6 Å². The molecule has 1 aliphatic rings. The normalized spacial score (nSPS) is 21.5. The van der Waals surface area contributed by atoms with E-state index in [2.05, 4.69) is 15.6 Å². The van der Waals surface area contributed by atoms with E-state index in [1.54, 1.807) is 17.7 Å². The van der Waals surface area contributed by atoms with E-state index in [-0.39, 0.29) is 18.2 Å². The second-order valence-electron chi connectivity index (χ2n) is 5.47. The molecule has 1 saturated heterocycles. The van der Waals surface area contributed by atoms with Gasteiger partial charge in [0.2, 0.25) is 0 Å². The van der Waals surface area contributed by atoms with Gasteiger partial charge in [0.25, 0.3) is 0 Å². The minimum Gasteiger partial charge on any atom is -0.372 e. The number of ether oxygens (including phenoxy) is 1. The van der Waals surface area contributed by atoms with E-state index in [4.69, 9.17) is 4.74 Å². The summed E-state index contributed by atoms with van der Waals surface area (Å²) in [6, 6.07) is 2.01. The van der Waals surface area contributed by atoms with Gasteiger partial charge in [0.1, 0.15) is 6.10 Å². The van der Waals surface area contributed by atoms with Crippen molar-refractivity contribution in [2.75, 3.05) is 6.61 Å². The number of amides is 2. The number of hydrogen-bond acceptors (Lipinski definition) is 4. The van der Waals surface area contributed by atoms with Crippen LogP contribution in [-0.2, 0) is 18.3 Å². The van der Waals surface area contributed by atoms with Crippen LogP contribution in [0.15, 0.2) is 29.4 Å². The zero-order valence-electron chi connectivity index (χ0n) is 12.5. The van der Waals surface area contributed by atoms with Crippen molar-refractivity contribution in [3.63, 3.8) is 0 Å². The number of rotatable bonds is 4. The molecule has 22 heavy (non-hydrogen) atoms. The summed E-state index contributed by atoms with van der Waals surface area (Å²) in [5.41, 5.74) is 2.17. The number of imidazole rings is 1. The molecule has 0 aromatic carbocycles. The first kappa shape index (κ1) is 15.1. The van der Waals surface area contributed by atoms with Crippen LogP contribution in [0.5, 0.6) is 0 Å². The van der Waals surface area contributed by atoms with E-state index in [1.165, 1.54) is 0 Å². The molecule has 2 aromatic rings. The van der Waals surface area contributed by atoms with E-state index < -0.39 is 0 Å². The number of nitrogens with one attached hydrogen (secondary N) is 2. The number of carbonyl (C=O) groups excluding carboxylic acids is 1. The number of aromatic nitrogens is 2. The van der Waals surface area contributed by atoms with Gasteiger partial charge in [-0.3, -0.25) is 0 Å². The molecular weight excluding hydrogens is 300 g/mol. The first-order valence-corrected chi connectivity index (χ1v) is 8.30. The second-order valence-corrected chi connectivity index (χ2v) is 6.25. The Bertz CT molecular complexity index is 611. The van der Waals surface area contributed by atoms with Gasteiger partial charge in [-0.1, -0.05) is 0 Å². The minimum atomic E-state index is -0.123. The fourth-order valence-electron chi connectivity index (χ4n) is 2.62. The molecule has 0 spiro atoms. The third-order valence-corrected chi connectivity index (χ3v) is 4.57. The summed E-state index contributed by atoms with van der Waals surface area (Å²) in [7, 11) is 1.95. The van der Waals surface area contributed by atoms with Gasteiger partial charge in [0.15, 0.2) is 0 Å². The third-order valence-electron chi connectivity index (χ3n) is 3.84. The van der Waals surface area contributed by atoms with E-state index in [0.29, 0.717) is 13.2 Å². The van der Waals surface area contributed by atoms with Crippen LogP contribution >= 0.6 is 11.3 Å². The molecule has 0 saturated carbocycles. The Hall–Kier alpha value is -1.86. The monoisotopic (exact) mass is 320 g/mol. The van der Waals surface area contributed by atoms with Crippen LogP contribution in [-0.4, -0.2) is 28.2 Å². The molecule has 0 unspecified atom stereocenters. The fraction of sp³-hybridized carbons (Fsp3) is 0.467. The summed E-state index contributed by atoms with van der Waals surface area (Å²) < 4.78 is 7.76. The number of thiophene rings is 1. The van der Waals surface area contributed by atoms with Gasteiger partial charge in [0, 0.05) is 26.2 Å². The quantitative estimate of drug-likeness (QED) is 0.907. The average Bonchev–Trinajstić information content (AvgIpc) is 3.16. The van der Waals surface area contributed by atoms with Crippen molar-refractivity contribution in [1.29, 1.82) is 0 Å². The van der Waals surface area contributed by atoms with Crippen LogP contribution in [0.3, 0.4) is 0 Å². The minimum absolute atomic E-state index is 0.0107. The largest absolute Gasteiger partial charge is 0.372 e. The van der Waals surface area contributed by atoms with Crippen molar-refractivity contribution in [3.05, 3.63) is 40.6 Å². The molecule has 0 radical (unpaired) electrons. The van der Waals surface area contributed by atoms with Crippen molar-refractivity contribution in [2.24, 2.45) is 7.05 Å². The van der Waals surface area contributed by atoms with Gasteiger partial charge < -0.3 is 19.9 Å². The predicted molar refractivity (Wildman–Crippen MR) is 84.6 cm³/mol. The van der Waals surface area contributed by atoms with Crippen molar-refractivity contribution < 1.29 is 9.53 Å². The molecule has 2 N–H and O–H groups in total. The van der Waals surface area contributed by atoms with Crippen molar-refractivity contribution in [1.82, 2.24) is 20.2 Å².